The molecule has 1 N–H and O–H groups in total. The normalized spacial score (nSPS) is 14.4. The van der Waals surface area contributed by atoms with E-state index in [1.54, 1.807) is 7.11 Å². The van der Waals surface area contributed by atoms with Crippen LogP contribution < -0.4 is 10.1 Å². The van der Waals surface area contributed by atoms with Crippen LogP contribution in [0.15, 0.2) is 48.5 Å². The van der Waals surface area contributed by atoms with Gasteiger partial charge in [-0.1, -0.05) is 30.3 Å². The lowest BCUT2D eigenvalue weighted by atomic mass is 10.0. The highest BCUT2D eigenvalue weighted by atomic mass is 16.5. The lowest BCUT2D eigenvalue weighted by Crippen LogP contribution is -2.09. The van der Waals surface area contributed by atoms with E-state index < -0.39 is 0 Å². The Bertz CT molecular complexity index is 871. The van der Waals surface area contributed by atoms with Gasteiger partial charge in [0, 0.05) is 22.8 Å². The van der Waals surface area contributed by atoms with Gasteiger partial charge in [0.05, 0.1) is 12.6 Å². The number of aryl methyl sites for hydroxylation is 1. The molecule has 24 heavy (non-hydrogen) atoms. The molecule has 0 saturated carbocycles. The third kappa shape index (κ3) is 2.60. The van der Waals surface area contributed by atoms with Crippen molar-refractivity contribution in [3.05, 3.63) is 65.4 Å². The fourth-order valence-corrected chi connectivity index (χ4v) is 3.57. The van der Waals surface area contributed by atoms with Crippen molar-refractivity contribution in [1.82, 2.24) is 4.98 Å². The Kier molecular flexibility index (Phi) is 3.85. The molecule has 1 aromatic heterocycles. The van der Waals surface area contributed by atoms with Crippen LogP contribution in [0.5, 0.6) is 5.75 Å². The van der Waals surface area contributed by atoms with Crippen LogP contribution in [-0.4, -0.2) is 12.1 Å². The topological polar surface area (TPSA) is 34.1 Å². The van der Waals surface area contributed by atoms with Crippen LogP contribution in [0.4, 0.5) is 5.69 Å². The molecule has 1 heterocycles. The smallest absolute Gasteiger partial charge is 0.118 e. The third-order valence-corrected chi connectivity index (χ3v) is 4.90. The van der Waals surface area contributed by atoms with Crippen LogP contribution in [0.25, 0.3) is 10.9 Å². The highest BCUT2D eigenvalue weighted by Crippen LogP contribution is 2.36. The predicted octanol–water partition coefficient (Wildman–Crippen LogP) is 4.91. The maximum absolute atomic E-state index is 5.26. The second kappa shape index (κ2) is 6.16. The zero-order valence-corrected chi connectivity index (χ0v) is 14.2. The summed E-state index contributed by atoms with van der Waals surface area (Å²) in [7, 11) is 1.70. The predicted molar refractivity (Wildman–Crippen MR) is 98.8 cm³/mol. The molecule has 0 radical (unpaired) electrons. The minimum absolute atomic E-state index is 0.228. The van der Waals surface area contributed by atoms with Crippen molar-refractivity contribution in [3.8, 4) is 5.75 Å². The van der Waals surface area contributed by atoms with Gasteiger partial charge in [0.2, 0.25) is 0 Å². The molecular formula is C21H22N2O. The highest BCUT2D eigenvalue weighted by molar-refractivity contribution is 5.93. The van der Waals surface area contributed by atoms with E-state index in [2.05, 4.69) is 48.6 Å². The maximum Gasteiger partial charge on any atom is 0.118 e. The summed E-state index contributed by atoms with van der Waals surface area (Å²) in [5.74, 6) is 0.890. The number of ether oxygens (including phenoxy) is 1. The first-order valence-corrected chi connectivity index (χ1v) is 8.57. The Morgan fingerprint density at radius 3 is 2.62 bits per heavy atom. The van der Waals surface area contributed by atoms with Crippen LogP contribution in [-0.2, 0) is 12.8 Å². The molecule has 0 bridgehead atoms. The average Bonchev–Trinajstić information content (AvgIpc) is 3.10. The van der Waals surface area contributed by atoms with Gasteiger partial charge in [0.25, 0.3) is 0 Å². The Hall–Kier alpha value is -2.55. The van der Waals surface area contributed by atoms with Crippen molar-refractivity contribution in [2.24, 2.45) is 0 Å². The summed E-state index contributed by atoms with van der Waals surface area (Å²) in [5, 5.41) is 4.98. The number of nitrogens with zero attached hydrogens (tertiary/aromatic N) is 1. The van der Waals surface area contributed by atoms with E-state index in [4.69, 9.17) is 9.72 Å². The summed E-state index contributed by atoms with van der Waals surface area (Å²) >= 11 is 0. The number of hydrogen-bond donors (Lipinski definition) is 1. The fourth-order valence-electron chi connectivity index (χ4n) is 3.57. The molecule has 0 saturated heterocycles. The van der Waals surface area contributed by atoms with Crippen LogP contribution in [0.3, 0.4) is 0 Å². The van der Waals surface area contributed by atoms with Crippen LogP contribution in [0.1, 0.15) is 36.2 Å². The van der Waals surface area contributed by atoms with Gasteiger partial charge in [-0.3, -0.25) is 4.98 Å². The Balaban J connectivity index is 1.73. The molecule has 1 unspecified atom stereocenters. The molecule has 0 fully saturated rings. The van der Waals surface area contributed by atoms with E-state index in [1.807, 2.05) is 12.1 Å². The molecular weight excluding hydrogens is 296 g/mol. The van der Waals surface area contributed by atoms with Gasteiger partial charge in [-0.15, -0.1) is 0 Å². The zero-order valence-electron chi connectivity index (χ0n) is 14.2. The van der Waals surface area contributed by atoms with Gasteiger partial charge in [0.15, 0.2) is 0 Å². The van der Waals surface area contributed by atoms with Crippen molar-refractivity contribution in [1.29, 1.82) is 0 Å². The van der Waals surface area contributed by atoms with Gasteiger partial charge >= 0.3 is 0 Å². The molecule has 3 nitrogen and oxygen atoms in total. The summed E-state index contributed by atoms with van der Waals surface area (Å²) < 4.78 is 5.26. The Morgan fingerprint density at radius 2 is 1.83 bits per heavy atom. The minimum Gasteiger partial charge on any atom is -0.497 e. The van der Waals surface area contributed by atoms with Crippen LogP contribution >= 0.6 is 0 Å². The van der Waals surface area contributed by atoms with E-state index in [9.17, 15) is 0 Å². The standard InChI is InChI=1S/C21H22N2O/c1-14(15-10-12-16(24-2)13-11-15)22-21-17-6-3-4-8-19(17)23-20-9-5-7-18(20)21/h3-4,6,8,10-14H,5,7,9H2,1-2H3,(H,22,23). The van der Waals surface area contributed by atoms with Gasteiger partial charge in [-0.25, -0.2) is 0 Å². The third-order valence-electron chi connectivity index (χ3n) is 4.90. The van der Waals surface area contributed by atoms with E-state index >= 15 is 0 Å². The Labute approximate surface area is 142 Å². The van der Waals surface area contributed by atoms with Crippen molar-refractivity contribution in [2.45, 2.75) is 32.2 Å². The molecule has 1 aliphatic carbocycles. The lowest BCUT2D eigenvalue weighted by Gasteiger charge is -2.20. The molecule has 3 heteroatoms. The number of nitrogens with one attached hydrogen (secondary N) is 1. The SMILES string of the molecule is COc1ccc(C(C)Nc2c3c(nc4ccccc24)CCC3)cc1. The van der Waals surface area contributed by atoms with Crippen molar-refractivity contribution in [3.63, 3.8) is 0 Å². The van der Waals surface area contributed by atoms with Crippen LogP contribution in [0, 0.1) is 0 Å². The number of anilines is 1. The molecule has 0 spiro atoms. The van der Waals surface area contributed by atoms with Crippen molar-refractivity contribution >= 4 is 16.6 Å². The molecule has 0 amide bonds. The fraction of sp³-hybridized carbons (Fsp3) is 0.286. The number of pyridine rings is 1. The Morgan fingerprint density at radius 1 is 1.04 bits per heavy atom. The number of aromatic nitrogens is 1. The molecule has 0 aliphatic heterocycles. The van der Waals surface area contributed by atoms with E-state index in [0.29, 0.717) is 0 Å². The molecule has 122 valence electrons. The minimum atomic E-state index is 0.228. The van der Waals surface area contributed by atoms with Gasteiger partial charge < -0.3 is 10.1 Å². The van der Waals surface area contributed by atoms with Crippen molar-refractivity contribution < 1.29 is 4.74 Å². The van der Waals surface area contributed by atoms with E-state index in [0.717, 1.165) is 24.1 Å². The first kappa shape index (κ1) is 15.0. The van der Waals surface area contributed by atoms with Crippen LogP contribution in [0.2, 0.25) is 0 Å². The first-order chi connectivity index (χ1) is 11.8. The number of hydrogen-bond acceptors (Lipinski definition) is 3. The summed E-state index contributed by atoms with van der Waals surface area (Å²) in [6, 6.07) is 16.9. The first-order valence-electron chi connectivity index (χ1n) is 8.57. The lowest BCUT2D eigenvalue weighted by molar-refractivity contribution is 0.414. The monoisotopic (exact) mass is 318 g/mol. The van der Waals surface area contributed by atoms with Gasteiger partial charge in [-0.05, 0) is 55.5 Å². The quantitative estimate of drug-likeness (QED) is 0.742. The van der Waals surface area contributed by atoms with Gasteiger partial charge in [-0.2, -0.15) is 0 Å². The molecule has 1 aliphatic rings. The average molecular weight is 318 g/mol. The van der Waals surface area contributed by atoms with E-state index in [-0.39, 0.29) is 6.04 Å². The largest absolute Gasteiger partial charge is 0.497 e. The zero-order chi connectivity index (χ0) is 16.5. The summed E-state index contributed by atoms with van der Waals surface area (Å²) in [5.41, 5.74) is 6.26. The maximum atomic E-state index is 5.26. The molecule has 3 aromatic rings. The second-order valence-corrected chi connectivity index (χ2v) is 6.42. The molecule has 1 atom stereocenters. The number of methoxy groups -OCH3 is 1. The summed E-state index contributed by atoms with van der Waals surface area (Å²) in [4.78, 5) is 4.86. The summed E-state index contributed by atoms with van der Waals surface area (Å²) in [6.07, 6.45) is 3.40. The molecule has 4 rings (SSSR count). The second-order valence-electron chi connectivity index (χ2n) is 6.42. The summed E-state index contributed by atoms with van der Waals surface area (Å²) in [6.45, 7) is 2.21. The van der Waals surface area contributed by atoms with Crippen molar-refractivity contribution in [2.75, 3.05) is 12.4 Å². The molecule has 2 aromatic carbocycles. The van der Waals surface area contributed by atoms with Gasteiger partial charge in [0.1, 0.15) is 5.75 Å². The highest BCUT2D eigenvalue weighted by Gasteiger charge is 2.20. The number of benzene rings is 2. The van der Waals surface area contributed by atoms with E-state index in [1.165, 1.54) is 34.3 Å². The number of fused-ring (bicyclic) bond motifs is 2. The number of para-hydroxylation sites is 1. The number of rotatable bonds is 4.